The first-order valence-electron chi connectivity index (χ1n) is 3.98. The summed E-state index contributed by atoms with van der Waals surface area (Å²) in [7, 11) is 1.79. The summed E-state index contributed by atoms with van der Waals surface area (Å²) >= 11 is 0. The third-order valence-electron chi connectivity index (χ3n) is 1.79. The molecule has 5 heteroatoms. The Morgan fingerprint density at radius 2 is 2.31 bits per heavy atom. The topological polar surface area (TPSA) is 66.6 Å². The van der Waals surface area contributed by atoms with Crippen molar-refractivity contribution < 1.29 is 14.3 Å². The molecule has 72 valence electrons. The number of carbonyl (C=O) groups is 1. The molecule has 13 heavy (non-hydrogen) atoms. The van der Waals surface area contributed by atoms with E-state index in [-0.39, 0.29) is 5.69 Å². The van der Waals surface area contributed by atoms with Gasteiger partial charge in [0.05, 0.1) is 0 Å². The molecular formula is C8H12N2O3. The number of carboxylic acids is 1. The number of aryl methyl sites for hydroxylation is 1. The minimum Gasteiger partial charge on any atom is -0.476 e. The van der Waals surface area contributed by atoms with E-state index in [1.165, 1.54) is 0 Å². The summed E-state index contributed by atoms with van der Waals surface area (Å²) < 4.78 is 5.16. The fraction of sp³-hybridized carbons (Fsp3) is 0.500. The van der Waals surface area contributed by atoms with Crippen LogP contribution in [-0.4, -0.2) is 29.7 Å². The zero-order chi connectivity index (χ0) is 10.0. The number of nitrogens with zero attached hydrogens (tertiary/aromatic N) is 2. The number of aromatic nitrogens is 1. The maximum atomic E-state index is 10.6. The van der Waals surface area contributed by atoms with Gasteiger partial charge in [-0.2, -0.15) is 4.98 Å². The summed E-state index contributed by atoms with van der Waals surface area (Å²) in [6.45, 7) is 4.24. The summed E-state index contributed by atoms with van der Waals surface area (Å²) in [5.74, 6) is -0.722. The van der Waals surface area contributed by atoms with Gasteiger partial charge in [0.15, 0.2) is 5.69 Å². The highest BCUT2D eigenvalue weighted by atomic mass is 16.4. The molecule has 0 amide bonds. The van der Waals surface area contributed by atoms with E-state index in [0.717, 1.165) is 6.54 Å². The van der Waals surface area contributed by atoms with Gasteiger partial charge in [-0.15, -0.1) is 0 Å². The number of rotatable bonds is 3. The molecule has 0 fully saturated rings. The second kappa shape index (κ2) is 3.47. The molecule has 1 heterocycles. The summed E-state index contributed by atoms with van der Waals surface area (Å²) in [5, 5.41) is 8.69. The number of carboxylic acid groups (broad SMARTS) is 1. The van der Waals surface area contributed by atoms with Gasteiger partial charge >= 0.3 is 5.97 Å². The van der Waals surface area contributed by atoms with E-state index >= 15 is 0 Å². The average Bonchev–Trinajstić information content (AvgIpc) is 2.46. The molecule has 0 saturated heterocycles. The molecule has 0 aliphatic carbocycles. The maximum absolute atomic E-state index is 10.6. The highest BCUT2D eigenvalue weighted by Crippen LogP contribution is 2.16. The summed E-state index contributed by atoms with van der Waals surface area (Å²) in [4.78, 5) is 16.2. The summed E-state index contributed by atoms with van der Waals surface area (Å²) in [6.07, 6.45) is 0. The van der Waals surface area contributed by atoms with Crippen LogP contribution in [0.5, 0.6) is 0 Å². The number of anilines is 1. The molecular weight excluding hydrogens is 172 g/mol. The third-order valence-corrected chi connectivity index (χ3v) is 1.79. The Morgan fingerprint density at radius 1 is 1.69 bits per heavy atom. The van der Waals surface area contributed by atoms with Gasteiger partial charge in [0.2, 0.25) is 0 Å². The molecule has 1 rings (SSSR count). The van der Waals surface area contributed by atoms with Crippen molar-refractivity contribution >= 4 is 12.0 Å². The van der Waals surface area contributed by atoms with Gasteiger partial charge in [-0.1, -0.05) is 0 Å². The first-order chi connectivity index (χ1) is 6.06. The number of aromatic carboxylic acids is 1. The van der Waals surface area contributed by atoms with Gasteiger partial charge in [-0.25, -0.2) is 4.79 Å². The highest BCUT2D eigenvalue weighted by Gasteiger charge is 2.17. The molecule has 5 nitrogen and oxygen atoms in total. The van der Waals surface area contributed by atoms with Crippen molar-refractivity contribution in [3.05, 3.63) is 11.5 Å². The van der Waals surface area contributed by atoms with E-state index in [1.54, 1.807) is 18.9 Å². The van der Waals surface area contributed by atoms with E-state index in [9.17, 15) is 4.79 Å². The fourth-order valence-corrected chi connectivity index (χ4v) is 0.879. The second-order valence-electron chi connectivity index (χ2n) is 2.72. The largest absolute Gasteiger partial charge is 0.476 e. The van der Waals surface area contributed by atoms with E-state index < -0.39 is 5.97 Å². The molecule has 0 bridgehead atoms. The molecule has 0 aromatic carbocycles. The lowest BCUT2D eigenvalue weighted by Gasteiger charge is -2.09. The Hall–Kier alpha value is -1.52. The smallest absolute Gasteiger partial charge is 0.358 e. The predicted molar refractivity (Wildman–Crippen MR) is 47.1 cm³/mol. The lowest BCUT2D eigenvalue weighted by atomic mass is 10.4. The fourth-order valence-electron chi connectivity index (χ4n) is 0.879. The van der Waals surface area contributed by atoms with Crippen molar-refractivity contribution in [1.82, 2.24) is 4.98 Å². The quantitative estimate of drug-likeness (QED) is 0.762. The van der Waals surface area contributed by atoms with Crippen LogP contribution in [0.3, 0.4) is 0 Å². The van der Waals surface area contributed by atoms with E-state index in [2.05, 4.69) is 4.98 Å². The van der Waals surface area contributed by atoms with Crippen LogP contribution >= 0.6 is 0 Å². The Bertz CT molecular complexity index is 319. The summed E-state index contributed by atoms with van der Waals surface area (Å²) in [6, 6.07) is 0.345. The van der Waals surface area contributed by atoms with Gasteiger partial charge < -0.3 is 14.4 Å². The lowest BCUT2D eigenvalue weighted by Crippen LogP contribution is -2.16. The van der Waals surface area contributed by atoms with Crippen LogP contribution in [0.15, 0.2) is 4.42 Å². The average molecular weight is 184 g/mol. The molecule has 0 saturated carbocycles. The van der Waals surface area contributed by atoms with Crippen molar-refractivity contribution in [2.24, 2.45) is 0 Å². The predicted octanol–water partition coefficient (Wildman–Crippen LogP) is 1.14. The first-order valence-corrected chi connectivity index (χ1v) is 3.98. The zero-order valence-corrected chi connectivity index (χ0v) is 7.87. The van der Waals surface area contributed by atoms with Gasteiger partial charge in [-0.3, -0.25) is 0 Å². The number of oxazole rings is 1. The van der Waals surface area contributed by atoms with Crippen LogP contribution in [0.4, 0.5) is 6.01 Å². The van der Waals surface area contributed by atoms with Gasteiger partial charge in [0.1, 0.15) is 5.76 Å². The normalized spacial score (nSPS) is 10.1. The van der Waals surface area contributed by atoms with Crippen LogP contribution in [0, 0.1) is 6.92 Å². The maximum Gasteiger partial charge on any atom is 0.358 e. The highest BCUT2D eigenvalue weighted by molar-refractivity contribution is 5.86. The molecule has 0 atom stereocenters. The van der Waals surface area contributed by atoms with Gasteiger partial charge in [0.25, 0.3) is 6.01 Å². The van der Waals surface area contributed by atoms with Crippen molar-refractivity contribution in [2.45, 2.75) is 13.8 Å². The van der Waals surface area contributed by atoms with Crippen LogP contribution in [0.1, 0.15) is 23.2 Å². The Labute approximate surface area is 76.0 Å². The summed E-state index contributed by atoms with van der Waals surface area (Å²) in [5.41, 5.74) is -0.0182. The van der Waals surface area contributed by atoms with Gasteiger partial charge in [0, 0.05) is 13.6 Å². The molecule has 0 aliphatic rings. The minimum absolute atomic E-state index is 0.0182. The van der Waals surface area contributed by atoms with Gasteiger partial charge in [-0.05, 0) is 13.8 Å². The van der Waals surface area contributed by atoms with Crippen molar-refractivity contribution in [2.75, 3.05) is 18.5 Å². The van der Waals surface area contributed by atoms with E-state index in [4.69, 9.17) is 9.52 Å². The Balaban J connectivity index is 3.01. The van der Waals surface area contributed by atoms with E-state index in [1.807, 2.05) is 6.92 Å². The molecule has 1 aromatic heterocycles. The molecule has 1 N–H and O–H groups in total. The van der Waals surface area contributed by atoms with E-state index in [0.29, 0.717) is 11.8 Å². The molecule has 0 aliphatic heterocycles. The molecule has 0 unspecified atom stereocenters. The SMILES string of the molecule is CCN(C)c1nc(C(=O)O)c(C)o1. The van der Waals surface area contributed by atoms with Crippen LogP contribution < -0.4 is 4.90 Å². The van der Waals surface area contributed by atoms with Crippen LogP contribution in [0.2, 0.25) is 0 Å². The molecule has 0 radical (unpaired) electrons. The third kappa shape index (κ3) is 1.80. The van der Waals surface area contributed by atoms with Crippen molar-refractivity contribution in [3.63, 3.8) is 0 Å². The van der Waals surface area contributed by atoms with Crippen molar-refractivity contribution in [1.29, 1.82) is 0 Å². The molecule has 0 spiro atoms. The Morgan fingerprint density at radius 3 is 2.69 bits per heavy atom. The van der Waals surface area contributed by atoms with Crippen LogP contribution in [-0.2, 0) is 0 Å². The lowest BCUT2D eigenvalue weighted by molar-refractivity contribution is 0.0689. The first kappa shape index (κ1) is 9.57. The zero-order valence-electron chi connectivity index (χ0n) is 7.87. The Kier molecular flexibility index (Phi) is 2.55. The monoisotopic (exact) mass is 184 g/mol. The van der Waals surface area contributed by atoms with Crippen molar-refractivity contribution in [3.8, 4) is 0 Å². The minimum atomic E-state index is -1.06. The second-order valence-corrected chi connectivity index (χ2v) is 2.72. The van der Waals surface area contributed by atoms with Crippen LogP contribution in [0.25, 0.3) is 0 Å². The number of hydrogen-bond acceptors (Lipinski definition) is 4. The molecule has 1 aromatic rings. The number of hydrogen-bond donors (Lipinski definition) is 1. The standard InChI is InChI=1S/C8H12N2O3/c1-4-10(3)8-9-6(7(11)12)5(2)13-8/h4H2,1-3H3,(H,11,12).